The first-order chi connectivity index (χ1) is 22.3. The summed E-state index contributed by atoms with van der Waals surface area (Å²) < 4.78 is 5.88. The van der Waals surface area contributed by atoms with Gasteiger partial charge in [0.25, 0.3) is 0 Å². The number of hydrogen-bond donors (Lipinski definition) is 1. The lowest BCUT2D eigenvalue weighted by Crippen LogP contribution is -2.70. The SMILES string of the molecule is CN1CCN(C2CCN([C@]3(CC=O)C[C@H](N4CCc5ccccc5NC4=O)CCN3C(=O)OCc3ccc(Cl)c(Cl)c3)CC2)CC1. The summed E-state index contributed by atoms with van der Waals surface area (Å²) >= 11 is 12.3. The number of anilines is 1. The minimum atomic E-state index is -0.911. The summed E-state index contributed by atoms with van der Waals surface area (Å²) in [5.74, 6) is 0. The fraction of sp³-hybridized carbons (Fsp3) is 0.559. The van der Waals surface area contributed by atoms with E-state index >= 15 is 0 Å². The van der Waals surface area contributed by atoms with Gasteiger partial charge in [0.05, 0.1) is 10.0 Å². The molecule has 3 amide bonds. The quantitative estimate of drug-likeness (QED) is 0.406. The van der Waals surface area contributed by atoms with Crippen LogP contribution in [-0.2, 0) is 22.6 Å². The minimum Gasteiger partial charge on any atom is -0.444 e. The Morgan fingerprint density at radius 1 is 0.957 bits per heavy atom. The molecule has 0 aliphatic carbocycles. The van der Waals surface area contributed by atoms with Gasteiger partial charge < -0.3 is 24.6 Å². The number of amides is 3. The van der Waals surface area contributed by atoms with Crippen molar-refractivity contribution in [2.45, 2.75) is 62.9 Å². The normalized spacial score (nSPS) is 25.5. The molecule has 3 fully saturated rings. The smallest absolute Gasteiger partial charge is 0.411 e. The average Bonchev–Trinajstić information content (AvgIpc) is 3.23. The third-order valence-corrected chi connectivity index (χ3v) is 11.2. The van der Waals surface area contributed by atoms with Crippen LogP contribution in [0.5, 0.6) is 0 Å². The van der Waals surface area contributed by atoms with Gasteiger partial charge in [-0.1, -0.05) is 47.5 Å². The zero-order valence-corrected chi connectivity index (χ0v) is 28.0. The number of benzene rings is 2. The topological polar surface area (TPSA) is 88.7 Å². The van der Waals surface area contributed by atoms with Crippen LogP contribution in [-0.4, -0.2) is 120 Å². The Morgan fingerprint density at radius 3 is 2.43 bits per heavy atom. The van der Waals surface area contributed by atoms with Crippen molar-refractivity contribution in [1.29, 1.82) is 0 Å². The zero-order valence-electron chi connectivity index (χ0n) is 26.5. The van der Waals surface area contributed by atoms with Crippen molar-refractivity contribution in [3.8, 4) is 0 Å². The fourth-order valence-electron chi connectivity index (χ4n) is 7.78. The first kappa shape index (κ1) is 33.0. The highest BCUT2D eigenvalue weighted by molar-refractivity contribution is 6.42. The second-order valence-electron chi connectivity index (χ2n) is 13.0. The van der Waals surface area contributed by atoms with Crippen LogP contribution in [0.4, 0.5) is 15.3 Å². The highest BCUT2D eigenvalue weighted by atomic mass is 35.5. The van der Waals surface area contributed by atoms with E-state index in [1.807, 2.05) is 29.2 Å². The fourth-order valence-corrected chi connectivity index (χ4v) is 8.10. The van der Waals surface area contributed by atoms with E-state index in [4.69, 9.17) is 27.9 Å². The van der Waals surface area contributed by atoms with Crippen LogP contribution in [0.3, 0.4) is 0 Å². The second-order valence-corrected chi connectivity index (χ2v) is 13.9. The van der Waals surface area contributed by atoms with Gasteiger partial charge >= 0.3 is 12.1 Å². The van der Waals surface area contributed by atoms with Crippen LogP contribution >= 0.6 is 23.2 Å². The van der Waals surface area contributed by atoms with Crippen molar-refractivity contribution >= 4 is 47.3 Å². The lowest BCUT2D eigenvalue weighted by atomic mass is 9.84. The molecule has 46 heavy (non-hydrogen) atoms. The number of aldehydes is 1. The van der Waals surface area contributed by atoms with E-state index in [1.165, 1.54) is 0 Å². The van der Waals surface area contributed by atoms with Gasteiger partial charge in [-0.3, -0.25) is 14.7 Å². The van der Waals surface area contributed by atoms with E-state index in [0.717, 1.165) is 81.6 Å². The second kappa shape index (κ2) is 14.5. The number of piperidine rings is 2. The Labute approximate surface area is 281 Å². The molecule has 2 atom stereocenters. The van der Waals surface area contributed by atoms with Gasteiger partial charge in [0.15, 0.2) is 0 Å². The summed E-state index contributed by atoms with van der Waals surface area (Å²) in [6, 6.07) is 13.3. The van der Waals surface area contributed by atoms with Crippen molar-refractivity contribution in [2.75, 3.05) is 64.7 Å². The number of carbonyl (C=O) groups is 3. The summed E-state index contributed by atoms with van der Waals surface area (Å²) in [6.07, 6.45) is 4.30. The molecule has 1 N–H and O–H groups in total. The molecule has 4 aliphatic heterocycles. The van der Waals surface area contributed by atoms with Crippen LogP contribution in [0.1, 0.15) is 43.2 Å². The summed E-state index contributed by atoms with van der Waals surface area (Å²) in [5.41, 5.74) is 1.76. The molecular formula is C34H44Cl2N6O4. The average molecular weight is 672 g/mol. The highest BCUT2D eigenvalue weighted by Gasteiger charge is 2.52. The van der Waals surface area contributed by atoms with Crippen molar-refractivity contribution < 1.29 is 19.1 Å². The third-order valence-electron chi connectivity index (χ3n) is 10.4. The van der Waals surface area contributed by atoms with Gasteiger partial charge in [-0.2, -0.15) is 0 Å². The lowest BCUT2D eigenvalue weighted by molar-refractivity contribution is -0.128. The number of para-hydroxylation sites is 1. The van der Waals surface area contributed by atoms with Gasteiger partial charge in [0, 0.05) is 83.0 Å². The largest absolute Gasteiger partial charge is 0.444 e. The molecule has 12 heteroatoms. The Morgan fingerprint density at radius 2 is 1.70 bits per heavy atom. The van der Waals surface area contributed by atoms with Crippen LogP contribution in [0, 0.1) is 0 Å². The molecule has 0 unspecified atom stereocenters. The molecular weight excluding hydrogens is 627 g/mol. The zero-order chi connectivity index (χ0) is 32.3. The van der Waals surface area contributed by atoms with Crippen molar-refractivity contribution in [3.63, 3.8) is 0 Å². The van der Waals surface area contributed by atoms with E-state index in [-0.39, 0.29) is 25.1 Å². The number of piperazine rings is 1. The molecule has 0 aromatic heterocycles. The molecule has 3 saturated heterocycles. The number of hydrogen-bond acceptors (Lipinski definition) is 7. The van der Waals surface area contributed by atoms with Crippen molar-refractivity contribution in [3.05, 3.63) is 63.6 Å². The van der Waals surface area contributed by atoms with Gasteiger partial charge in [0.2, 0.25) is 0 Å². The van der Waals surface area contributed by atoms with Crippen LogP contribution in [0.15, 0.2) is 42.5 Å². The maximum atomic E-state index is 13.9. The number of fused-ring (bicyclic) bond motifs is 1. The predicted octanol–water partition coefficient (Wildman–Crippen LogP) is 5.18. The van der Waals surface area contributed by atoms with Crippen molar-refractivity contribution in [1.82, 2.24) is 24.5 Å². The molecule has 0 bridgehead atoms. The molecule has 0 radical (unpaired) electrons. The predicted molar refractivity (Wildman–Crippen MR) is 179 cm³/mol. The molecule has 6 rings (SSSR count). The summed E-state index contributed by atoms with van der Waals surface area (Å²) in [5, 5.41) is 3.93. The van der Waals surface area contributed by atoms with E-state index in [2.05, 4.69) is 27.1 Å². The van der Waals surface area contributed by atoms with Crippen LogP contribution < -0.4 is 5.32 Å². The first-order valence-electron chi connectivity index (χ1n) is 16.4. The number of halogens is 2. The molecule has 4 aliphatic rings. The number of likely N-dealkylation sites (N-methyl/N-ethyl adjacent to an activating group) is 1. The molecule has 248 valence electrons. The number of nitrogens with one attached hydrogen (secondary N) is 1. The first-order valence-corrected chi connectivity index (χ1v) is 17.2. The number of ether oxygens (including phenoxy) is 1. The number of carbonyl (C=O) groups excluding carboxylic acids is 3. The van der Waals surface area contributed by atoms with Crippen LogP contribution in [0.25, 0.3) is 0 Å². The third kappa shape index (κ3) is 7.01. The number of rotatable bonds is 7. The van der Waals surface area contributed by atoms with Gasteiger partial charge in [0.1, 0.15) is 18.6 Å². The van der Waals surface area contributed by atoms with E-state index in [1.54, 1.807) is 23.1 Å². The van der Waals surface area contributed by atoms with Gasteiger partial charge in [-0.25, -0.2) is 9.59 Å². The minimum absolute atomic E-state index is 0.0328. The van der Waals surface area contributed by atoms with E-state index in [9.17, 15) is 14.4 Å². The Hall–Kier alpha value is -2.89. The molecule has 0 saturated carbocycles. The molecule has 10 nitrogen and oxygen atoms in total. The van der Waals surface area contributed by atoms with E-state index in [0.29, 0.717) is 42.0 Å². The number of nitrogens with zero attached hydrogens (tertiary/aromatic N) is 5. The monoisotopic (exact) mass is 670 g/mol. The Kier molecular flexibility index (Phi) is 10.4. The van der Waals surface area contributed by atoms with Crippen LogP contribution in [0.2, 0.25) is 10.0 Å². The molecule has 2 aromatic rings. The van der Waals surface area contributed by atoms with Gasteiger partial charge in [-0.15, -0.1) is 0 Å². The standard InChI is InChI=1S/C34H44Cl2N6O4/c1-38-17-19-39(20-18-38)27-9-13-40(14-10-27)34(12-21-43)23-28(41-15-8-26-4-2-3-5-31(26)37-32(41)44)11-16-42(34)33(45)46-24-25-6-7-29(35)30(36)22-25/h2-7,21-22,27-28H,8-20,23-24H2,1H3,(H,37,44)/t28-,34+/m1/s1. The van der Waals surface area contributed by atoms with Crippen molar-refractivity contribution in [2.24, 2.45) is 0 Å². The summed E-state index contributed by atoms with van der Waals surface area (Å²) in [4.78, 5) is 51.0. The number of likely N-dealkylation sites (tertiary alicyclic amines) is 2. The highest BCUT2D eigenvalue weighted by Crippen LogP contribution is 2.40. The lowest BCUT2D eigenvalue weighted by Gasteiger charge is -2.57. The Balaban J connectivity index is 1.23. The van der Waals surface area contributed by atoms with Gasteiger partial charge in [-0.05, 0) is 62.1 Å². The van der Waals surface area contributed by atoms with E-state index < -0.39 is 11.8 Å². The maximum absolute atomic E-state index is 13.9. The maximum Gasteiger partial charge on any atom is 0.411 e. The number of urea groups is 1. The molecule has 0 spiro atoms. The molecule has 2 aromatic carbocycles. The molecule has 4 heterocycles. The summed E-state index contributed by atoms with van der Waals surface area (Å²) in [6.45, 7) is 6.73. The summed E-state index contributed by atoms with van der Waals surface area (Å²) in [7, 11) is 2.17. The Bertz CT molecular complexity index is 1410.